The largest absolute Gasteiger partial charge is 0.488 e. The van der Waals surface area contributed by atoms with Crippen molar-refractivity contribution in [3.05, 3.63) is 64.1 Å². The van der Waals surface area contributed by atoms with Gasteiger partial charge in [-0.05, 0) is 65.6 Å². The van der Waals surface area contributed by atoms with Crippen LogP contribution >= 0.6 is 15.9 Å². The van der Waals surface area contributed by atoms with E-state index in [1.807, 2.05) is 18.2 Å². The molecule has 1 saturated heterocycles. The third-order valence-corrected chi connectivity index (χ3v) is 5.39. The van der Waals surface area contributed by atoms with E-state index in [0.29, 0.717) is 6.61 Å². The van der Waals surface area contributed by atoms with Gasteiger partial charge in [0.15, 0.2) is 0 Å². The average molecular weight is 403 g/mol. The third-order valence-electron chi connectivity index (χ3n) is 4.77. The predicted molar refractivity (Wildman–Crippen MR) is 107 cm³/mol. The fourth-order valence-electron chi connectivity index (χ4n) is 3.13. The lowest BCUT2D eigenvalue weighted by atomic mass is 10.1. The van der Waals surface area contributed by atoms with Crippen molar-refractivity contribution < 1.29 is 4.74 Å². The highest BCUT2D eigenvalue weighted by atomic mass is 79.9. The first-order valence-electron chi connectivity index (χ1n) is 9.07. The molecule has 3 rings (SSSR count). The Kier molecular flexibility index (Phi) is 6.91. The maximum Gasteiger partial charge on any atom is 0.134 e. The van der Waals surface area contributed by atoms with Gasteiger partial charge in [-0.15, -0.1) is 0 Å². The second-order valence-corrected chi connectivity index (χ2v) is 7.64. The minimum atomic E-state index is 0.599. The number of piperazine rings is 1. The Balaban J connectivity index is 1.45. The zero-order valence-electron chi connectivity index (χ0n) is 15.0. The Morgan fingerprint density at radius 1 is 0.960 bits per heavy atom. The molecule has 0 aromatic heterocycles. The van der Waals surface area contributed by atoms with Gasteiger partial charge in [-0.2, -0.15) is 0 Å². The van der Waals surface area contributed by atoms with Gasteiger partial charge in [-0.3, -0.25) is 0 Å². The van der Waals surface area contributed by atoms with E-state index < -0.39 is 0 Å². The van der Waals surface area contributed by atoms with Crippen LogP contribution in [-0.4, -0.2) is 49.6 Å². The Morgan fingerprint density at radius 3 is 2.44 bits per heavy atom. The van der Waals surface area contributed by atoms with E-state index >= 15 is 0 Å². The van der Waals surface area contributed by atoms with E-state index in [2.05, 4.69) is 63.1 Å². The molecule has 1 heterocycles. The molecule has 0 aliphatic carbocycles. The SMILES string of the molecule is CN1CCN(CCCc2ccc(OCc3ccccc3)c(Br)c2)CC1. The summed E-state index contributed by atoms with van der Waals surface area (Å²) in [5.74, 6) is 0.909. The van der Waals surface area contributed by atoms with Gasteiger partial charge in [0.2, 0.25) is 0 Å². The first kappa shape index (κ1) is 18.4. The average Bonchev–Trinajstić information content (AvgIpc) is 2.63. The molecule has 1 aliphatic heterocycles. The summed E-state index contributed by atoms with van der Waals surface area (Å²) >= 11 is 3.65. The van der Waals surface area contributed by atoms with E-state index in [-0.39, 0.29) is 0 Å². The van der Waals surface area contributed by atoms with Crippen molar-refractivity contribution in [3.8, 4) is 5.75 Å². The van der Waals surface area contributed by atoms with E-state index in [9.17, 15) is 0 Å². The molecule has 0 amide bonds. The van der Waals surface area contributed by atoms with Crippen LogP contribution in [0, 0.1) is 0 Å². The number of hydrogen-bond donors (Lipinski definition) is 0. The van der Waals surface area contributed by atoms with Crippen LogP contribution in [-0.2, 0) is 13.0 Å². The van der Waals surface area contributed by atoms with Crippen LogP contribution in [0.5, 0.6) is 5.75 Å². The molecule has 2 aromatic carbocycles. The van der Waals surface area contributed by atoms with E-state index in [1.54, 1.807) is 0 Å². The quantitative estimate of drug-likeness (QED) is 0.689. The molecule has 0 N–H and O–H groups in total. The molecule has 134 valence electrons. The molecular weight excluding hydrogens is 376 g/mol. The van der Waals surface area contributed by atoms with Crippen LogP contribution in [0.4, 0.5) is 0 Å². The molecular formula is C21H27BrN2O. The Hall–Kier alpha value is -1.36. The summed E-state index contributed by atoms with van der Waals surface area (Å²) in [5, 5.41) is 0. The lowest BCUT2D eigenvalue weighted by molar-refractivity contribution is 0.153. The monoisotopic (exact) mass is 402 g/mol. The number of rotatable bonds is 7. The van der Waals surface area contributed by atoms with Gasteiger partial charge in [-0.1, -0.05) is 36.4 Å². The summed E-state index contributed by atoms with van der Waals surface area (Å²) in [6.07, 6.45) is 2.32. The fraction of sp³-hybridized carbons (Fsp3) is 0.429. The third kappa shape index (κ3) is 5.84. The van der Waals surface area contributed by atoms with Crippen LogP contribution in [0.2, 0.25) is 0 Å². The van der Waals surface area contributed by atoms with Crippen LogP contribution in [0.3, 0.4) is 0 Å². The van der Waals surface area contributed by atoms with Gasteiger partial charge in [-0.25, -0.2) is 0 Å². The molecule has 1 aliphatic rings. The van der Waals surface area contributed by atoms with Crippen molar-refractivity contribution in [1.29, 1.82) is 0 Å². The van der Waals surface area contributed by atoms with Gasteiger partial charge in [0.1, 0.15) is 12.4 Å². The molecule has 4 heteroatoms. The van der Waals surface area contributed by atoms with Crippen molar-refractivity contribution in [3.63, 3.8) is 0 Å². The Morgan fingerprint density at radius 2 is 1.72 bits per heavy atom. The summed E-state index contributed by atoms with van der Waals surface area (Å²) in [6, 6.07) is 16.7. The smallest absolute Gasteiger partial charge is 0.134 e. The number of halogens is 1. The number of hydrogen-bond acceptors (Lipinski definition) is 3. The minimum absolute atomic E-state index is 0.599. The highest BCUT2D eigenvalue weighted by molar-refractivity contribution is 9.10. The fourth-order valence-corrected chi connectivity index (χ4v) is 3.67. The second-order valence-electron chi connectivity index (χ2n) is 6.79. The predicted octanol–water partition coefficient (Wildman–Crippen LogP) is 4.21. The highest BCUT2D eigenvalue weighted by Crippen LogP contribution is 2.27. The van der Waals surface area contributed by atoms with Crippen LogP contribution in [0.15, 0.2) is 53.0 Å². The van der Waals surface area contributed by atoms with Gasteiger partial charge in [0.25, 0.3) is 0 Å². The van der Waals surface area contributed by atoms with E-state index in [4.69, 9.17) is 4.74 Å². The normalized spacial score (nSPS) is 16.1. The molecule has 1 fully saturated rings. The number of benzene rings is 2. The summed E-state index contributed by atoms with van der Waals surface area (Å²) in [6.45, 7) is 6.58. The van der Waals surface area contributed by atoms with Gasteiger partial charge in [0, 0.05) is 26.2 Å². The van der Waals surface area contributed by atoms with Crippen molar-refractivity contribution in [2.75, 3.05) is 39.8 Å². The topological polar surface area (TPSA) is 15.7 Å². The molecule has 25 heavy (non-hydrogen) atoms. The lowest BCUT2D eigenvalue weighted by Gasteiger charge is -2.32. The van der Waals surface area contributed by atoms with E-state index in [1.165, 1.54) is 50.3 Å². The molecule has 3 nitrogen and oxygen atoms in total. The second kappa shape index (κ2) is 9.37. The number of likely N-dealkylation sites (N-methyl/N-ethyl adjacent to an activating group) is 1. The number of ether oxygens (including phenoxy) is 1. The minimum Gasteiger partial charge on any atom is -0.488 e. The van der Waals surface area contributed by atoms with Crippen molar-refractivity contribution >= 4 is 15.9 Å². The zero-order chi connectivity index (χ0) is 17.5. The van der Waals surface area contributed by atoms with Crippen molar-refractivity contribution in [2.45, 2.75) is 19.4 Å². The van der Waals surface area contributed by atoms with Crippen molar-refractivity contribution in [2.24, 2.45) is 0 Å². The molecule has 0 bridgehead atoms. The van der Waals surface area contributed by atoms with Gasteiger partial charge < -0.3 is 14.5 Å². The number of nitrogens with zero attached hydrogens (tertiary/aromatic N) is 2. The van der Waals surface area contributed by atoms with Crippen molar-refractivity contribution in [1.82, 2.24) is 9.80 Å². The molecule has 0 radical (unpaired) electrons. The zero-order valence-corrected chi connectivity index (χ0v) is 16.5. The summed E-state index contributed by atoms with van der Waals surface area (Å²) in [4.78, 5) is 4.98. The summed E-state index contributed by atoms with van der Waals surface area (Å²) in [7, 11) is 2.20. The van der Waals surface area contributed by atoms with Gasteiger partial charge >= 0.3 is 0 Å². The molecule has 2 aromatic rings. The standard InChI is InChI=1S/C21H27BrN2O/c1-23-12-14-24(15-13-23)11-5-8-18-9-10-21(20(22)16-18)25-17-19-6-3-2-4-7-19/h2-4,6-7,9-10,16H,5,8,11-15,17H2,1H3. The molecule has 0 spiro atoms. The maximum absolute atomic E-state index is 5.93. The summed E-state index contributed by atoms with van der Waals surface area (Å²) < 4.78 is 6.97. The van der Waals surface area contributed by atoms with Crippen LogP contribution in [0.25, 0.3) is 0 Å². The highest BCUT2D eigenvalue weighted by Gasteiger charge is 2.13. The number of aryl methyl sites for hydroxylation is 1. The first-order chi connectivity index (χ1) is 12.2. The van der Waals surface area contributed by atoms with E-state index in [0.717, 1.165) is 16.6 Å². The molecule has 0 saturated carbocycles. The van der Waals surface area contributed by atoms with Gasteiger partial charge in [0.05, 0.1) is 4.47 Å². The van der Waals surface area contributed by atoms with Crippen LogP contribution in [0.1, 0.15) is 17.5 Å². The Labute approximate surface area is 159 Å². The Bertz CT molecular complexity index is 654. The molecule has 0 atom stereocenters. The van der Waals surface area contributed by atoms with Crippen LogP contribution < -0.4 is 4.74 Å². The lowest BCUT2D eigenvalue weighted by Crippen LogP contribution is -2.44. The first-order valence-corrected chi connectivity index (χ1v) is 9.86. The summed E-state index contributed by atoms with van der Waals surface area (Å²) in [5.41, 5.74) is 2.55. The molecule has 0 unspecified atom stereocenters. The maximum atomic E-state index is 5.93.